The smallest absolute Gasteiger partial charge is 0.337 e. The summed E-state index contributed by atoms with van der Waals surface area (Å²) in [6, 6.07) is 13.7. The van der Waals surface area contributed by atoms with Crippen LogP contribution in [0.15, 0.2) is 48.5 Å². The van der Waals surface area contributed by atoms with E-state index in [4.69, 9.17) is 9.47 Å². The van der Waals surface area contributed by atoms with E-state index in [0.717, 1.165) is 12.8 Å². The van der Waals surface area contributed by atoms with Crippen LogP contribution in [0.3, 0.4) is 0 Å². The second-order valence-electron chi connectivity index (χ2n) is 7.72. The first kappa shape index (κ1) is 21.6. The van der Waals surface area contributed by atoms with Gasteiger partial charge in [-0.1, -0.05) is 18.2 Å². The van der Waals surface area contributed by atoms with Gasteiger partial charge in [0, 0.05) is 30.1 Å². The topological polar surface area (TPSA) is 72.9 Å². The first-order valence-corrected chi connectivity index (χ1v) is 10.2. The van der Waals surface area contributed by atoms with E-state index in [9.17, 15) is 14.4 Å². The minimum absolute atomic E-state index is 0.0185. The quantitative estimate of drug-likeness (QED) is 0.533. The molecule has 2 aromatic rings. The van der Waals surface area contributed by atoms with Gasteiger partial charge in [0.25, 0.3) is 5.91 Å². The molecule has 1 atom stereocenters. The summed E-state index contributed by atoms with van der Waals surface area (Å²) in [5.41, 5.74) is 1.34. The first-order chi connectivity index (χ1) is 14.4. The van der Waals surface area contributed by atoms with Crippen LogP contribution < -0.4 is 4.74 Å². The lowest BCUT2D eigenvalue weighted by Gasteiger charge is -2.32. The number of esters is 1. The maximum absolute atomic E-state index is 13.1. The lowest BCUT2D eigenvalue weighted by atomic mass is 9.89. The number of likely N-dealkylation sites (tertiary alicyclic amines) is 1. The molecule has 1 fully saturated rings. The molecule has 1 heterocycles. The molecule has 3 rings (SSSR count). The Kier molecular flexibility index (Phi) is 6.87. The Hall–Kier alpha value is -3.15. The number of carbonyl (C=O) groups is 3. The number of carbonyl (C=O) groups excluding carboxylic acids is 3. The predicted molar refractivity (Wildman–Crippen MR) is 113 cm³/mol. The largest absolute Gasteiger partial charge is 0.491 e. The molecule has 1 aliphatic heterocycles. The Morgan fingerprint density at radius 3 is 2.43 bits per heavy atom. The molecule has 0 saturated carbocycles. The molecule has 0 radical (unpaired) electrons. The average Bonchev–Trinajstić information content (AvgIpc) is 2.77. The molecule has 1 amide bonds. The fraction of sp³-hybridized carbons (Fsp3) is 0.375. The highest BCUT2D eigenvalue weighted by Gasteiger charge is 2.30. The molecule has 6 nitrogen and oxygen atoms in total. The normalized spacial score (nSPS) is 16.3. The summed E-state index contributed by atoms with van der Waals surface area (Å²) >= 11 is 0. The Morgan fingerprint density at radius 2 is 1.70 bits per heavy atom. The molecule has 0 spiro atoms. The molecule has 0 unspecified atom stereocenters. The van der Waals surface area contributed by atoms with E-state index in [1.165, 1.54) is 13.2 Å². The summed E-state index contributed by atoms with van der Waals surface area (Å²) in [4.78, 5) is 39.5. The molecular weight excluding hydrogens is 382 g/mol. The van der Waals surface area contributed by atoms with Crippen molar-refractivity contribution in [3.05, 3.63) is 65.2 Å². The van der Waals surface area contributed by atoms with Gasteiger partial charge in [-0.2, -0.15) is 0 Å². The van der Waals surface area contributed by atoms with Gasteiger partial charge in [0.2, 0.25) is 0 Å². The van der Waals surface area contributed by atoms with Crippen LogP contribution in [-0.2, 0) is 4.74 Å². The van der Waals surface area contributed by atoms with Crippen LogP contribution in [0.4, 0.5) is 0 Å². The number of rotatable bonds is 6. The maximum atomic E-state index is 13.1. The molecule has 0 bridgehead atoms. The van der Waals surface area contributed by atoms with Crippen LogP contribution in [0.1, 0.15) is 57.8 Å². The highest BCUT2D eigenvalue weighted by atomic mass is 16.5. The zero-order chi connectivity index (χ0) is 21.7. The van der Waals surface area contributed by atoms with Gasteiger partial charge in [0.05, 0.1) is 18.8 Å². The summed E-state index contributed by atoms with van der Waals surface area (Å²) in [6.45, 7) is 4.82. The number of Topliss-reactive ketones (excluding diaryl/α,β-unsaturated/α-hetero) is 1. The third-order valence-electron chi connectivity index (χ3n) is 5.10. The van der Waals surface area contributed by atoms with Crippen molar-refractivity contribution in [2.24, 2.45) is 5.92 Å². The number of benzene rings is 2. The van der Waals surface area contributed by atoms with Crippen molar-refractivity contribution in [3.8, 4) is 5.75 Å². The Bertz CT molecular complexity index is 937. The Morgan fingerprint density at radius 1 is 1.00 bits per heavy atom. The Labute approximate surface area is 176 Å². The van der Waals surface area contributed by atoms with E-state index in [-0.39, 0.29) is 23.7 Å². The summed E-state index contributed by atoms with van der Waals surface area (Å²) < 4.78 is 10.4. The molecule has 1 saturated heterocycles. The van der Waals surface area contributed by atoms with Crippen molar-refractivity contribution in [3.63, 3.8) is 0 Å². The maximum Gasteiger partial charge on any atom is 0.337 e. The third-order valence-corrected chi connectivity index (χ3v) is 5.10. The lowest BCUT2D eigenvalue weighted by Crippen LogP contribution is -2.42. The summed E-state index contributed by atoms with van der Waals surface area (Å²) in [7, 11) is 1.30. The van der Waals surface area contributed by atoms with Gasteiger partial charge in [0.1, 0.15) is 5.75 Å². The van der Waals surface area contributed by atoms with E-state index in [1.807, 2.05) is 26.0 Å². The van der Waals surface area contributed by atoms with Crippen LogP contribution in [-0.4, -0.2) is 48.9 Å². The second kappa shape index (κ2) is 9.57. The SMILES string of the molecule is COC(=O)c1cccc(C(=O)N2CCC[C@H](C(=O)c3cccc(OC(C)C)c3)C2)c1. The molecular formula is C24H27NO5. The van der Waals surface area contributed by atoms with Crippen molar-refractivity contribution in [1.82, 2.24) is 4.90 Å². The molecule has 1 aliphatic rings. The average molecular weight is 409 g/mol. The van der Waals surface area contributed by atoms with E-state index < -0.39 is 5.97 Å². The predicted octanol–water partition coefficient (Wildman–Crippen LogP) is 4.00. The number of nitrogens with zero attached hydrogens (tertiary/aromatic N) is 1. The number of amides is 1. The number of ketones is 1. The van der Waals surface area contributed by atoms with E-state index in [0.29, 0.717) is 35.5 Å². The van der Waals surface area contributed by atoms with Gasteiger partial charge >= 0.3 is 5.97 Å². The number of hydrogen-bond acceptors (Lipinski definition) is 5. The van der Waals surface area contributed by atoms with Crippen molar-refractivity contribution in [1.29, 1.82) is 0 Å². The molecule has 158 valence electrons. The molecule has 30 heavy (non-hydrogen) atoms. The fourth-order valence-corrected chi connectivity index (χ4v) is 3.69. The van der Waals surface area contributed by atoms with Gasteiger partial charge in [0.15, 0.2) is 5.78 Å². The lowest BCUT2D eigenvalue weighted by molar-refractivity contribution is 0.0600. The minimum Gasteiger partial charge on any atom is -0.491 e. The zero-order valence-corrected chi connectivity index (χ0v) is 17.6. The molecule has 0 aromatic heterocycles. The van der Waals surface area contributed by atoms with Gasteiger partial charge in [-0.3, -0.25) is 9.59 Å². The Balaban J connectivity index is 1.73. The number of ether oxygens (including phenoxy) is 2. The minimum atomic E-state index is -0.486. The van der Waals surface area contributed by atoms with E-state index in [1.54, 1.807) is 35.2 Å². The summed E-state index contributed by atoms with van der Waals surface area (Å²) in [5, 5.41) is 0. The monoisotopic (exact) mass is 409 g/mol. The zero-order valence-electron chi connectivity index (χ0n) is 17.6. The van der Waals surface area contributed by atoms with Crippen LogP contribution >= 0.6 is 0 Å². The van der Waals surface area contributed by atoms with Crippen molar-refractivity contribution >= 4 is 17.7 Å². The van der Waals surface area contributed by atoms with Crippen LogP contribution in [0.25, 0.3) is 0 Å². The van der Waals surface area contributed by atoms with Crippen molar-refractivity contribution in [2.45, 2.75) is 32.8 Å². The second-order valence-corrected chi connectivity index (χ2v) is 7.72. The van der Waals surface area contributed by atoms with Crippen molar-refractivity contribution in [2.75, 3.05) is 20.2 Å². The summed E-state index contributed by atoms with van der Waals surface area (Å²) in [5.74, 6) is -0.250. The highest BCUT2D eigenvalue weighted by molar-refractivity contribution is 6.00. The first-order valence-electron chi connectivity index (χ1n) is 10.2. The van der Waals surface area contributed by atoms with Crippen LogP contribution in [0, 0.1) is 5.92 Å². The van der Waals surface area contributed by atoms with Gasteiger partial charge in [-0.05, 0) is 57.0 Å². The number of piperidine rings is 1. The fourth-order valence-electron chi connectivity index (χ4n) is 3.69. The van der Waals surface area contributed by atoms with Gasteiger partial charge in [-0.25, -0.2) is 4.79 Å². The molecule has 2 aromatic carbocycles. The molecule has 0 aliphatic carbocycles. The standard InChI is InChI=1S/C24H27NO5/c1-16(2)30-21-11-5-7-17(14-21)22(26)20-10-6-12-25(15-20)23(27)18-8-4-9-19(13-18)24(28)29-3/h4-5,7-9,11,13-14,16,20H,6,10,12,15H2,1-3H3/t20-/m0/s1. The van der Waals surface area contributed by atoms with E-state index >= 15 is 0 Å². The third kappa shape index (κ3) is 5.06. The van der Waals surface area contributed by atoms with Crippen LogP contribution in [0.5, 0.6) is 5.75 Å². The number of methoxy groups -OCH3 is 1. The highest BCUT2D eigenvalue weighted by Crippen LogP contribution is 2.25. The molecule has 0 N–H and O–H groups in total. The van der Waals surface area contributed by atoms with Crippen molar-refractivity contribution < 1.29 is 23.9 Å². The summed E-state index contributed by atoms with van der Waals surface area (Å²) in [6.07, 6.45) is 1.51. The number of hydrogen-bond donors (Lipinski definition) is 0. The van der Waals surface area contributed by atoms with E-state index in [2.05, 4.69) is 0 Å². The van der Waals surface area contributed by atoms with Gasteiger partial charge in [-0.15, -0.1) is 0 Å². The molecule has 6 heteroatoms. The van der Waals surface area contributed by atoms with Crippen LogP contribution in [0.2, 0.25) is 0 Å². The van der Waals surface area contributed by atoms with Gasteiger partial charge < -0.3 is 14.4 Å².